The number of carbonyl (C=O) groups excluding carboxylic acids is 1. The van der Waals surface area contributed by atoms with E-state index in [2.05, 4.69) is 26.4 Å². The SMILES string of the molecule is CN1CCC(C#N)(NC(=O)c2cnn3ccncc23)CC1. The molecule has 1 aliphatic rings. The van der Waals surface area contributed by atoms with E-state index in [1.807, 2.05) is 7.05 Å². The molecule has 1 aliphatic heterocycles. The molecule has 0 saturated carbocycles. The summed E-state index contributed by atoms with van der Waals surface area (Å²) in [6.07, 6.45) is 7.64. The smallest absolute Gasteiger partial charge is 0.256 e. The van der Waals surface area contributed by atoms with Crippen molar-refractivity contribution < 1.29 is 4.79 Å². The van der Waals surface area contributed by atoms with Gasteiger partial charge >= 0.3 is 0 Å². The quantitative estimate of drug-likeness (QED) is 0.865. The van der Waals surface area contributed by atoms with E-state index in [9.17, 15) is 10.1 Å². The summed E-state index contributed by atoms with van der Waals surface area (Å²) in [5, 5.41) is 16.5. The van der Waals surface area contributed by atoms with Crippen LogP contribution in [0.15, 0.2) is 24.8 Å². The second-order valence-corrected chi connectivity index (χ2v) is 5.42. The predicted molar refractivity (Wildman–Crippen MR) is 75.5 cm³/mol. The molecule has 1 amide bonds. The first-order valence-electron chi connectivity index (χ1n) is 6.83. The summed E-state index contributed by atoms with van der Waals surface area (Å²) >= 11 is 0. The summed E-state index contributed by atoms with van der Waals surface area (Å²) in [5.74, 6) is -0.274. The van der Waals surface area contributed by atoms with E-state index < -0.39 is 5.54 Å². The highest BCUT2D eigenvalue weighted by Crippen LogP contribution is 2.22. The molecule has 0 aromatic carbocycles. The minimum Gasteiger partial charge on any atom is -0.333 e. The standard InChI is InChI=1S/C14H16N6O/c1-19-5-2-14(10-15,3-6-19)18-13(21)11-8-17-20-7-4-16-9-12(11)20/h4,7-9H,2-3,5-6H2,1H3,(H,18,21). The van der Waals surface area contributed by atoms with Crippen molar-refractivity contribution in [2.24, 2.45) is 0 Å². The number of aromatic nitrogens is 3. The molecule has 3 heterocycles. The maximum Gasteiger partial charge on any atom is 0.256 e. The number of amides is 1. The summed E-state index contributed by atoms with van der Waals surface area (Å²) in [6, 6.07) is 2.28. The topological polar surface area (TPSA) is 86.3 Å². The van der Waals surface area contributed by atoms with Crippen LogP contribution < -0.4 is 5.32 Å². The Morgan fingerprint density at radius 2 is 2.19 bits per heavy atom. The molecule has 0 spiro atoms. The number of piperidine rings is 1. The molecule has 0 aliphatic carbocycles. The highest BCUT2D eigenvalue weighted by Gasteiger charge is 2.36. The number of carbonyl (C=O) groups is 1. The van der Waals surface area contributed by atoms with Crippen LogP contribution in [0.5, 0.6) is 0 Å². The van der Waals surface area contributed by atoms with Gasteiger partial charge in [0.15, 0.2) is 0 Å². The molecule has 0 radical (unpaired) electrons. The molecule has 0 bridgehead atoms. The second-order valence-electron chi connectivity index (χ2n) is 5.42. The van der Waals surface area contributed by atoms with Crippen LogP contribution in [0.4, 0.5) is 0 Å². The van der Waals surface area contributed by atoms with Gasteiger partial charge in [-0.1, -0.05) is 0 Å². The van der Waals surface area contributed by atoms with Crippen LogP contribution in [0.2, 0.25) is 0 Å². The maximum absolute atomic E-state index is 12.5. The fourth-order valence-corrected chi connectivity index (χ4v) is 2.56. The molecule has 7 nitrogen and oxygen atoms in total. The first-order valence-corrected chi connectivity index (χ1v) is 6.83. The summed E-state index contributed by atoms with van der Waals surface area (Å²) in [5.41, 5.74) is 0.285. The Morgan fingerprint density at radius 3 is 2.90 bits per heavy atom. The van der Waals surface area contributed by atoms with Crippen molar-refractivity contribution in [3.63, 3.8) is 0 Å². The van der Waals surface area contributed by atoms with Gasteiger partial charge in [-0.2, -0.15) is 10.4 Å². The lowest BCUT2D eigenvalue weighted by atomic mass is 9.89. The van der Waals surface area contributed by atoms with Crippen molar-refractivity contribution in [3.8, 4) is 6.07 Å². The molecule has 0 unspecified atom stereocenters. The number of hydrogen-bond donors (Lipinski definition) is 1. The third-order valence-electron chi connectivity index (χ3n) is 3.98. The zero-order chi connectivity index (χ0) is 14.9. The van der Waals surface area contributed by atoms with Crippen molar-refractivity contribution in [1.29, 1.82) is 5.26 Å². The highest BCUT2D eigenvalue weighted by atomic mass is 16.1. The van der Waals surface area contributed by atoms with E-state index in [1.165, 1.54) is 6.20 Å². The zero-order valence-corrected chi connectivity index (χ0v) is 11.8. The minimum atomic E-state index is -0.792. The van der Waals surface area contributed by atoms with Crippen LogP contribution in [0.1, 0.15) is 23.2 Å². The van der Waals surface area contributed by atoms with Gasteiger partial charge < -0.3 is 10.2 Å². The molecule has 7 heteroatoms. The normalized spacial score (nSPS) is 18.3. The molecule has 2 aromatic rings. The van der Waals surface area contributed by atoms with Gasteiger partial charge in [0.2, 0.25) is 0 Å². The van der Waals surface area contributed by atoms with Gasteiger partial charge in [-0.05, 0) is 19.9 Å². The molecule has 0 atom stereocenters. The van der Waals surface area contributed by atoms with Crippen molar-refractivity contribution in [2.45, 2.75) is 18.4 Å². The van der Waals surface area contributed by atoms with Crippen molar-refractivity contribution in [1.82, 2.24) is 24.8 Å². The molecular formula is C14H16N6O. The van der Waals surface area contributed by atoms with Crippen LogP contribution >= 0.6 is 0 Å². The van der Waals surface area contributed by atoms with Crippen molar-refractivity contribution in [2.75, 3.05) is 20.1 Å². The lowest BCUT2D eigenvalue weighted by molar-refractivity contribution is 0.0883. The Morgan fingerprint density at radius 1 is 1.43 bits per heavy atom. The number of nitriles is 1. The van der Waals surface area contributed by atoms with Crippen LogP contribution in [0.25, 0.3) is 5.52 Å². The Labute approximate surface area is 122 Å². The van der Waals surface area contributed by atoms with Crippen LogP contribution in [-0.2, 0) is 0 Å². The van der Waals surface area contributed by atoms with Gasteiger partial charge in [-0.15, -0.1) is 0 Å². The van der Waals surface area contributed by atoms with E-state index in [1.54, 1.807) is 23.1 Å². The molecule has 21 heavy (non-hydrogen) atoms. The van der Waals surface area contributed by atoms with Gasteiger partial charge in [-0.3, -0.25) is 9.78 Å². The van der Waals surface area contributed by atoms with E-state index in [-0.39, 0.29) is 5.91 Å². The largest absolute Gasteiger partial charge is 0.333 e. The van der Waals surface area contributed by atoms with Gasteiger partial charge in [-0.25, -0.2) is 4.52 Å². The maximum atomic E-state index is 12.5. The zero-order valence-electron chi connectivity index (χ0n) is 11.8. The van der Waals surface area contributed by atoms with Crippen LogP contribution in [0, 0.1) is 11.3 Å². The monoisotopic (exact) mass is 284 g/mol. The Hall–Kier alpha value is -2.46. The molecular weight excluding hydrogens is 268 g/mol. The molecule has 1 saturated heterocycles. The number of likely N-dealkylation sites (tertiary alicyclic amines) is 1. The lowest BCUT2D eigenvalue weighted by Crippen LogP contribution is -2.53. The fourth-order valence-electron chi connectivity index (χ4n) is 2.56. The fraction of sp³-hybridized carbons (Fsp3) is 0.429. The predicted octanol–water partition coefficient (Wildman–Crippen LogP) is 0.447. The van der Waals surface area contributed by atoms with Crippen LogP contribution in [0.3, 0.4) is 0 Å². The van der Waals surface area contributed by atoms with E-state index in [4.69, 9.17) is 0 Å². The summed E-state index contributed by atoms with van der Waals surface area (Å²) in [7, 11) is 2.01. The average molecular weight is 284 g/mol. The third kappa shape index (κ3) is 2.45. The van der Waals surface area contributed by atoms with Gasteiger partial charge in [0.25, 0.3) is 5.91 Å². The number of nitrogens with one attached hydrogen (secondary N) is 1. The van der Waals surface area contributed by atoms with Crippen LogP contribution in [-0.4, -0.2) is 51.1 Å². The van der Waals surface area contributed by atoms with Gasteiger partial charge in [0.05, 0.1) is 29.5 Å². The van der Waals surface area contributed by atoms with E-state index in [0.29, 0.717) is 23.9 Å². The Bertz CT molecular complexity index is 708. The number of rotatable bonds is 2. The Kier molecular flexibility index (Phi) is 3.31. The molecule has 1 N–H and O–H groups in total. The van der Waals surface area contributed by atoms with Gasteiger partial charge in [0.1, 0.15) is 5.54 Å². The number of fused-ring (bicyclic) bond motifs is 1. The number of hydrogen-bond acceptors (Lipinski definition) is 5. The van der Waals surface area contributed by atoms with E-state index >= 15 is 0 Å². The average Bonchev–Trinajstić information content (AvgIpc) is 2.94. The molecule has 2 aromatic heterocycles. The van der Waals surface area contributed by atoms with Gasteiger partial charge in [0, 0.05) is 25.5 Å². The first-order chi connectivity index (χ1) is 10.1. The van der Waals surface area contributed by atoms with Crippen molar-refractivity contribution >= 4 is 11.4 Å². The highest BCUT2D eigenvalue weighted by molar-refractivity contribution is 6.01. The molecule has 1 fully saturated rings. The third-order valence-corrected chi connectivity index (χ3v) is 3.98. The second kappa shape index (κ2) is 5.14. The van der Waals surface area contributed by atoms with Crippen molar-refractivity contribution in [3.05, 3.63) is 30.4 Å². The van der Waals surface area contributed by atoms with E-state index in [0.717, 1.165) is 13.1 Å². The molecule has 108 valence electrons. The first kappa shape index (κ1) is 13.5. The summed E-state index contributed by atoms with van der Waals surface area (Å²) in [4.78, 5) is 18.6. The lowest BCUT2D eigenvalue weighted by Gasteiger charge is -2.35. The Balaban J connectivity index is 1.84. The summed E-state index contributed by atoms with van der Waals surface area (Å²) < 4.78 is 1.59. The summed E-state index contributed by atoms with van der Waals surface area (Å²) in [6.45, 7) is 1.59. The molecule has 3 rings (SSSR count). The minimum absolute atomic E-state index is 0.274. The number of nitrogens with zero attached hydrogens (tertiary/aromatic N) is 5.